The highest BCUT2D eigenvalue weighted by Gasteiger charge is 2.34. The van der Waals surface area contributed by atoms with Gasteiger partial charge in [-0.25, -0.2) is 4.98 Å². The molecule has 0 spiro atoms. The number of rotatable bonds is 2. The molecule has 0 saturated heterocycles. The molecular formula is C14H8BrF3N4. The molecule has 0 saturated carbocycles. The van der Waals surface area contributed by atoms with Crippen molar-refractivity contribution < 1.29 is 13.2 Å². The molecule has 0 aliphatic rings. The highest BCUT2D eigenvalue weighted by Crippen LogP contribution is 2.35. The summed E-state index contributed by atoms with van der Waals surface area (Å²) in [6.07, 6.45) is -2.29. The van der Waals surface area contributed by atoms with Gasteiger partial charge in [0.05, 0.1) is 11.1 Å². The molecule has 0 radical (unpaired) electrons. The Morgan fingerprint density at radius 1 is 1.14 bits per heavy atom. The van der Waals surface area contributed by atoms with Gasteiger partial charge in [0.1, 0.15) is 0 Å². The van der Waals surface area contributed by atoms with Crippen molar-refractivity contribution in [3.8, 4) is 22.8 Å². The summed E-state index contributed by atoms with van der Waals surface area (Å²) in [5.41, 5.74) is -0.264. The van der Waals surface area contributed by atoms with E-state index in [0.29, 0.717) is 11.4 Å². The van der Waals surface area contributed by atoms with Crippen molar-refractivity contribution in [1.29, 1.82) is 0 Å². The third kappa shape index (κ3) is 2.87. The Hall–Kier alpha value is -2.22. The second kappa shape index (κ2) is 5.53. The van der Waals surface area contributed by atoms with Crippen molar-refractivity contribution in [1.82, 2.24) is 20.2 Å². The van der Waals surface area contributed by atoms with Gasteiger partial charge in [0.2, 0.25) is 0 Å². The third-order valence-electron chi connectivity index (χ3n) is 2.95. The van der Waals surface area contributed by atoms with Gasteiger partial charge < -0.3 is 0 Å². The van der Waals surface area contributed by atoms with Crippen molar-refractivity contribution >= 4 is 15.9 Å². The van der Waals surface area contributed by atoms with Gasteiger partial charge >= 0.3 is 6.18 Å². The van der Waals surface area contributed by atoms with Gasteiger partial charge in [-0.3, -0.25) is 10.1 Å². The van der Waals surface area contributed by atoms with Crippen LogP contribution in [0.1, 0.15) is 5.56 Å². The molecule has 3 aromatic rings. The van der Waals surface area contributed by atoms with Gasteiger partial charge in [-0.1, -0.05) is 28.1 Å². The van der Waals surface area contributed by atoms with E-state index >= 15 is 0 Å². The lowest BCUT2D eigenvalue weighted by Gasteiger charge is -2.09. The van der Waals surface area contributed by atoms with Crippen LogP contribution in [-0.4, -0.2) is 20.2 Å². The minimum Gasteiger partial charge on any atom is -0.264 e. The van der Waals surface area contributed by atoms with Crippen LogP contribution in [0.25, 0.3) is 22.8 Å². The summed E-state index contributed by atoms with van der Waals surface area (Å²) in [6, 6.07) is 8.11. The largest absolute Gasteiger partial charge is 0.417 e. The quantitative estimate of drug-likeness (QED) is 0.732. The SMILES string of the molecule is FC(F)(F)c1ccncc1-c1n[nH]c(-c2cccc(Br)c2)n1. The number of nitrogens with one attached hydrogen (secondary N) is 1. The monoisotopic (exact) mass is 368 g/mol. The van der Waals surface area contributed by atoms with E-state index in [1.165, 1.54) is 0 Å². The van der Waals surface area contributed by atoms with Gasteiger partial charge in [-0.2, -0.15) is 18.3 Å². The van der Waals surface area contributed by atoms with Gasteiger partial charge in [0.25, 0.3) is 0 Å². The number of hydrogen-bond acceptors (Lipinski definition) is 3. The van der Waals surface area contributed by atoms with E-state index in [2.05, 4.69) is 36.1 Å². The topological polar surface area (TPSA) is 54.5 Å². The summed E-state index contributed by atoms with van der Waals surface area (Å²) in [5.74, 6) is 0.337. The summed E-state index contributed by atoms with van der Waals surface area (Å²) >= 11 is 3.33. The molecular weight excluding hydrogens is 361 g/mol. The molecule has 0 atom stereocenters. The Morgan fingerprint density at radius 3 is 2.68 bits per heavy atom. The summed E-state index contributed by atoms with van der Waals surface area (Å²) < 4.78 is 39.9. The zero-order chi connectivity index (χ0) is 15.7. The molecule has 0 unspecified atom stereocenters. The highest BCUT2D eigenvalue weighted by atomic mass is 79.9. The number of benzene rings is 1. The molecule has 1 aromatic carbocycles. The fraction of sp³-hybridized carbons (Fsp3) is 0.0714. The molecule has 0 amide bonds. The van der Waals surface area contributed by atoms with Crippen LogP contribution in [0.15, 0.2) is 47.2 Å². The predicted molar refractivity (Wildman–Crippen MR) is 77.8 cm³/mol. The van der Waals surface area contributed by atoms with Crippen LogP contribution in [0.3, 0.4) is 0 Å². The van der Waals surface area contributed by atoms with E-state index in [1.807, 2.05) is 6.07 Å². The Kier molecular flexibility index (Phi) is 3.69. The fourth-order valence-electron chi connectivity index (χ4n) is 1.97. The second-order valence-corrected chi connectivity index (χ2v) is 5.35. The number of pyridine rings is 1. The lowest BCUT2D eigenvalue weighted by atomic mass is 10.1. The highest BCUT2D eigenvalue weighted by molar-refractivity contribution is 9.10. The molecule has 2 heterocycles. The van der Waals surface area contributed by atoms with Crippen LogP contribution in [0, 0.1) is 0 Å². The van der Waals surface area contributed by atoms with E-state index in [1.54, 1.807) is 18.2 Å². The van der Waals surface area contributed by atoms with Crippen molar-refractivity contribution in [2.75, 3.05) is 0 Å². The Bertz CT molecular complexity index is 814. The summed E-state index contributed by atoms with van der Waals surface area (Å²) in [6.45, 7) is 0. The molecule has 1 N–H and O–H groups in total. The standard InChI is InChI=1S/C14H8BrF3N4/c15-9-3-1-2-8(6-9)12-20-13(22-21-12)10-7-19-5-4-11(10)14(16,17)18/h1-7H,(H,20,21,22). The maximum Gasteiger partial charge on any atom is 0.417 e. The van der Waals surface area contributed by atoms with Crippen molar-refractivity contribution in [3.05, 3.63) is 52.8 Å². The first-order valence-corrected chi connectivity index (χ1v) is 6.94. The summed E-state index contributed by atoms with van der Waals surface area (Å²) in [4.78, 5) is 7.87. The molecule has 0 aliphatic carbocycles. The number of aromatic amines is 1. The van der Waals surface area contributed by atoms with E-state index in [4.69, 9.17) is 0 Å². The van der Waals surface area contributed by atoms with Crippen molar-refractivity contribution in [3.63, 3.8) is 0 Å². The molecule has 3 rings (SSSR count). The molecule has 4 nitrogen and oxygen atoms in total. The molecule has 112 valence electrons. The zero-order valence-corrected chi connectivity index (χ0v) is 12.5. The van der Waals surface area contributed by atoms with E-state index in [0.717, 1.165) is 22.9 Å². The number of nitrogens with zero attached hydrogens (tertiary/aromatic N) is 3. The van der Waals surface area contributed by atoms with Crippen LogP contribution in [0.5, 0.6) is 0 Å². The summed E-state index contributed by atoms with van der Waals surface area (Å²) in [5, 5.41) is 6.52. The smallest absolute Gasteiger partial charge is 0.264 e. The minimum absolute atomic E-state index is 0.0459. The number of hydrogen-bond donors (Lipinski definition) is 1. The van der Waals surface area contributed by atoms with Crippen LogP contribution in [-0.2, 0) is 6.18 Å². The van der Waals surface area contributed by atoms with E-state index in [-0.39, 0.29) is 11.4 Å². The predicted octanol–water partition coefficient (Wildman–Crippen LogP) is 4.32. The maximum atomic E-state index is 13.0. The van der Waals surface area contributed by atoms with Gasteiger partial charge in [0.15, 0.2) is 11.6 Å². The Morgan fingerprint density at radius 2 is 1.95 bits per heavy atom. The average molecular weight is 369 g/mol. The van der Waals surface area contributed by atoms with Gasteiger partial charge in [-0.15, -0.1) is 0 Å². The van der Waals surface area contributed by atoms with Crippen LogP contribution in [0.4, 0.5) is 13.2 Å². The first-order valence-electron chi connectivity index (χ1n) is 6.15. The van der Waals surface area contributed by atoms with Gasteiger partial charge in [-0.05, 0) is 18.2 Å². The van der Waals surface area contributed by atoms with E-state index in [9.17, 15) is 13.2 Å². The number of aromatic nitrogens is 4. The van der Waals surface area contributed by atoms with Crippen molar-refractivity contribution in [2.24, 2.45) is 0 Å². The molecule has 0 bridgehead atoms. The maximum absolute atomic E-state index is 13.0. The molecule has 0 fully saturated rings. The van der Waals surface area contributed by atoms with Crippen LogP contribution >= 0.6 is 15.9 Å². The molecule has 2 aromatic heterocycles. The number of halogens is 4. The Balaban J connectivity index is 2.06. The van der Waals surface area contributed by atoms with Crippen LogP contribution < -0.4 is 0 Å². The minimum atomic E-state index is -4.49. The van der Waals surface area contributed by atoms with Crippen LogP contribution in [0.2, 0.25) is 0 Å². The Labute approximate surface area is 131 Å². The van der Waals surface area contributed by atoms with Gasteiger partial charge in [0, 0.05) is 22.4 Å². The summed E-state index contributed by atoms with van der Waals surface area (Å²) in [7, 11) is 0. The lowest BCUT2D eigenvalue weighted by molar-refractivity contribution is -0.137. The number of alkyl halides is 3. The van der Waals surface area contributed by atoms with E-state index < -0.39 is 11.7 Å². The third-order valence-corrected chi connectivity index (χ3v) is 3.44. The van der Waals surface area contributed by atoms with Crippen molar-refractivity contribution in [2.45, 2.75) is 6.18 Å². The lowest BCUT2D eigenvalue weighted by Crippen LogP contribution is -2.07. The second-order valence-electron chi connectivity index (χ2n) is 4.44. The first-order chi connectivity index (χ1) is 10.4. The molecule has 0 aliphatic heterocycles. The first kappa shape index (κ1) is 14.7. The molecule has 22 heavy (non-hydrogen) atoms. The molecule has 8 heteroatoms. The normalized spacial score (nSPS) is 11.6. The fourth-order valence-corrected chi connectivity index (χ4v) is 2.37. The zero-order valence-electron chi connectivity index (χ0n) is 10.9. The average Bonchev–Trinajstić information content (AvgIpc) is 2.96. The number of H-pyrrole nitrogens is 1.